The van der Waals surface area contributed by atoms with Gasteiger partial charge in [-0.25, -0.2) is 4.79 Å². The van der Waals surface area contributed by atoms with Crippen LogP contribution >= 0.6 is 22.7 Å². The standard InChI is InChI=1S/C56H66N2O4S2/c1-37(2)11-9-13-39(5)15-31-50-52-34-48(30-19-41-17-20-43(21-18-41)58(44-22-26-46(61-7)27-23-44)45-24-28-47(62-8)29-25-45)63-54(52)51(32-16-40(6)14-10-12-38(3)4)53-35-49(64-55(50)53)33-42(36-57)56(59)60/h17-30,33-35,37-40H,9-16,31-32H2,1-8H3,(H,59,60)/b30-19+,42-33-. The lowest BCUT2D eigenvalue weighted by molar-refractivity contribution is -0.132. The first kappa shape index (κ1) is 48.1. The monoisotopic (exact) mass is 894 g/mol. The highest BCUT2D eigenvalue weighted by Gasteiger charge is 2.21. The Labute approximate surface area is 389 Å². The molecule has 0 saturated heterocycles. The van der Waals surface area contributed by atoms with Crippen LogP contribution in [0.1, 0.15) is 119 Å². The van der Waals surface area contributed by atoms with Gasteiger partial charge in [0.2, 0.25) is 0 Å². The third kappa shape index (κ3) is 12.7. The number of thiophene rings is 2. The summed E-state index contributed by atoms with van der Waals surface area (Å²) in [7, 11) is 3.37. The highest BCUT2D eigenvalue weighted by atomic mass is 32.1. The molecule has 336 valence electrons. The third-order valence-corrected chi connectivity index (χ3v) is 14.6. The van der Waals surface area contributed by atoms with E-state index in [2.05, 4.69) is 119 Å². The summed E-state index contributed by atoms with van der Waals surface area (Å²) in [5.41, 5.74) is 6.67. The van der Waals surface area contributed by atoms with Crippen LogP contribution < -0.4 is 14.4 Å². The summed E-state index contributed by atoms with van der Waals surface area (Å²) < 4.78 is 13.5. The van der Waals surface area contributed by atoms with Gasteiger partial charge >= 0.3 is 5.97 Å². The first-order chi connectivity index (χ1) is 30.9. The largest absolute Gasteiger partial charge is 0.497 e. The van der Waals surface area contributed by atoms with Crippen molar-refractivity contribution in [1.82, 2.24) is 0 Å². The molecule has 6 nitrogen and oxygen atoms in total. The second-order valence-corrected chi connectivity index (χ2v) is 20.5. The fourth-order valence-corrected chi connectivity index (χ4v) is 10.9. The van der Waals surface area contributed by atoms with Gasteiger partial charge in [-0.1, -0.05) is 98.3 Å². The van der Waals surface area contributed by atoms with E-state index in [0.29, 0.717) is 23.7 Å². The molecule has 0 radical (unpaired) electrons. The van der Waals surface area contributed by atoms with Crippen LogP contribution in [0.5, 0.6) is 11.5 Å². The number of carbonyl (C=O) groups is 1. The van der Waals surface area contributed by atoms with E-state index in [1.165, 1.54) is 74.7 Å². The van der Waals surface area contributed by atoms with Crippen molar-refractivity contribution in [2.24, 2.45) is 23.7 Å². The molecule has 64 heavy (non-hydrogen) atoms. The number of nitrogens with zero attached hydrogens (tertiary/aromatic N) is 2. The van der Waals surface area contributed by atoms with E-state index in [1.54, 1.807) is 31.6 Å². The molecule has 0 spiro atoms. The fourth-order valence-electron chi connectivity index (χ4n) is 8.54. The average Bonchev–Trinajstić information content (AvgIpc) is 3.91. The zero-order chi connectivity index (χ0) is 45.8. The normalized spacial score (nSPS) is 13.0. The molecule has 0 bridgehead atoms. The summed E-state index contributed by atoms with van der Waals surface area (Å²) in [5.74, 6) is 3.04. The average molecular weight is 895 g/mol. The molecule has 2 heterocycles. The van der Waals surface area contributed by atoms with Crippen molar-refractivity contribution in [3.8, 4) is 17.6 Å². The van der Waals surface area contributed by atoms with E-state index < -0.39 is 5.97 Å². The Bertz CT molecular complexity index is 2430. The zero-order valence-corrected chi connectivity index (χ0v) is 40.7. The number of fused-ring (bicyclic) bond motifs is 2. The molecular formula is C56H66N2O4S2. The lowest BCUT2D eigenvalue weighted by Gasteiger charge is -2.26. The van der Waals surface area contributed by atoms with Crippen LogP contribution in [0.15, 0.2) is 90.5 Å². The molecule has 6 rings (SSSR count). The molecule has 0 amide bonds. The minimum absolute atomic E-state index is 0.233. The molecule has 0 aliphatic carbocycles. The van der Waals surface area contributed by atoms with Crippen LogP contribution in [-0.2, 0) is 17.6 Å². The number of aliphatic carboxylic acids is 1. The number of nitriles is 1. The van der Waals surface area contributed by atoms with Crippen molar-refractivity contribution < 1.29 is 19.4 Å². The molecule has 1 N–H and O–H groups in total. The molecule has 0 saturated carbocycles. The van der Waals surface area contributed by atoms with Gasteiger partial charge in [0, 0.05) is 36.2 Å². The number of aryl methyl sites for hydroxylation is 2. The number of ether oxygens (including phenoxy) is 2. The van der Waals surface area contributed by atoms with Crippen molar-refractivity contribution in [3.63, 3.8) is 0 Å². The number of methoxy groups -OCH3 is 2. The molecule has 0 fully saturated rings. The number of benzene rings is 4. The van der Waals surface area contributed by atoms with E-state index in [0.717, 1.165) is 64.7 Å². The van der Waals surface area contributed by atoms with Gasteiger partial charge in [0.1, 0.15) is 23.1 Å². The molecule has 2 aromatic heterocycles. The van der Waals surface area contributed by atoms with E-state index in [-0.39, 0.29) is 5.57 Å². The maximum atomic E-state index is 11.9. The van der Waals surface area contributed by atoms with Crippen LogP contribution in [0.25, 0.3) is 38.4 Å². The summed E-state index contributed by atoms with van der Waals surface area (Å²) >= 11 is 3.51. The van der Waals surface area contributed by atoms with E-state index in [9.17, 15) is 15.2 Å². The molecular weight excluding hydrogens is 829 g/mol. The Hall–Kier alpha value is -5.36. The Kier molecular flexibility index (Phi) is 17.3. The Morgan fingerprint density at radius 2 is 1.08 bits per heavy atom. The molecule has 0 aliphatic heterocycles. The molecule has 8 heteroatoms. The third-order valence-electron chi connectivity index (χ3n) is 12.3. The van der Waals surface area contributed by atoms with Gasteiger partial charge in [-0.3, -0.25) is 0 Å². The Morgan fingerprint density at radius 3 is 1.50 bits per heavy atom. The van der Waals surface area contributed by atoms with Gasteiger partial charge in [-0.2, -0.15) is 5.26 Å². The predicted molar refractivity (Wildman–Crippen MR) is 274 cm³/mol. The quantitative estimate of drug-likeness (QED) is 0.0510. The fraction of sp³-hybridized carbons (Fsp3) is 0.393. The Morgan fingerprint density at radius 1 is 0.641 bits per heavy atom. The van der Waals surface area contributed by atoms with Gasteiger partial charge in [0.25, 0.3) is 0 Å². The van der Waals surface area contributed by atoms with E-state index >= 15 is 0 Å². The van der Waals surface area contributed by atoms with Crippen LogP contribution in [0.2, 0.25) is 0 Å². The molecule has 0 aliphatic rings. The summed E-state index contributed by atoms with van der Waals surface area (Å²) in [6.07, 6.45) is 17.5. The zero-order valence-electron chi connectivity index (χ0n) is 39.1. The first-order valence-corrected chi connectivity index (χ1v) is 24.7. The Balaban J connectivity index is 1.38. The van der Waals surface area contributed by atoms with Crippen molar-refractivity contribution in [2.75, 3.05) is 19.1 Å². The summed E-state index contributed by atoms with van der Waals surface area (Å²) in [6.45, 7) is 14.0. The highest BCUT2D eigenvalue weighted by molar-refractivity contribution is 7.22. The van der Waals surface area contributed by atoms with Crippen LogP contribution in [0.4, 0.5) is 17.1 Å². The summed E-state index contributed by atoms with van der Waals surface area (Å²) in [5, 5.41) is 22.0. The number of hydrogen-bond donors (Lipinski definition) is 1. The lowest BCUT2D eigenvalue weighted by Crippen LogP contribution is -2.09. The maximum Gasteiger partial charge on any atom is 0.346 e. The van der Waals surface area contributed by atoms with Gasteiger partial charge in [-0.15, -0.1) is 22.7 Å². The van der Waals surface area contributed by atoms with Crippen LogP contribution in [-0.4, -0.2) is 25.3 Å². The maximum absolute atomic E-state index is 11.9. The first-order valence-electron chi connectivity index (χ1n) is 23.1. The number of carboxylic acids is 1. The van der Waals surface area contributed by atoms with Crippen molar-refractivity contribution in [2.45, 2.75) is 106 Å². The van der Waals surface area contributed by atoms with E-state index in [1.807, 2.05) is 41.7 Å². The number of anilines is 3. The second-order valence-electron chi connectivity index (χ2n) is 18.3. The van der Waals surface area contributed by atoms with E-state index in [4.69, 9.17) is 9.47 Å². The van der Waals surface area contributed by atoms with Crippen molar-refractivity contribution in [1.29, 1.82) is 5.26 Å². The number of rotatable bonds is 23. The van der Waals surface area contributed by atoms with Crippen molar-refractivity contribution >= 4 is 84.1 Å². The SMILES string of the molecule is COc1ccc(N(c2ccc(/C=C/c3cc4c(CCC(C)CCCC(C)C)c5sc(/C=C(/C#N)C(=O)O)cc5c(CCC(C)CCCC(C)C)c4s3)cc2)c2ccc(OC)cc2)cc1. The molecule has 6 aromatic rings. The minimum atomic E-state index is -1.19. The topological polar surface area (TPSA) is 82.8 Å². The summed E-state index contributed by atoms with van der Waals surface area (Å²) in [6, 6.07) is 31.4. The van der Waals surface area contributed by atoms with Gasteiger partial charge in [0.15, 0.2) is 0 Å². The molecule has 2 unspecified atom stereocenters. The minimum Gasteiger partial charge on any atom is -0.497 e. The second kappa shape index (κ2) is 23.0. The van der Waals surface area contributed by atoms with Crippen LogP contribution in [0.3, 0.4) is 0 Å². The number of hydrogen-bond acceptors (Lipinski definition) is 7. The van der Waals surface area contributed by atoms with Crippen LogP contribution in [0, 0.1) is 35.0 Å². The van der Waals surface area contributed by atoms with Gasteiger partial charge < -0.3 is 19.5 Å². The summed E-state index contributed by atoms with van der Waals surface area (Å²) in [4.78, 5) is 16.2. The smallest absolute Gasteiger partial charge is 0.346 e. The highest BCUT2D eigenvalue weighted by Crippen LogP contribution is 2.45. The van der Waals surface area contributed by atoms with Gasteiger partial charge in [-0.05, 0) is 162 Å². The lowest BCUT2D eigenvalue weighted by atomic mass is 9.90. The van der Waals surface area contributed by atoms with Gasteiger partial charge in [0.05, 0.1) is 14.2 Å². The molecule has 2 atom stereocenters. The predicted octanol–water partition coefficient (Wildman–Crippen LogP) is 16.6. The number of carboxylic acid groups (broad SMARTS) is 1. The van der Waals surface area contributed by atoms with Crippen molar-refractivity contribution in [3.05, 3.63) is 117 Å². The molecule has 4 aromatic carbocycles.